The van der Waals surface area contributed by atoms with Crippen molar-refractivity contribution >= 4 is 44.4 Å². The van der Waals surface area contributed by atoms with Crippen molar-refractivity contribution < 1.29 is 8.78 Å². The number of thioether (sulfide) groups is 1. The van der Waals surface area contributed by atoms with Gasteiger partial charge in [-0.15, -0.1) is 11.8 Å². The highest BCUT2D eigenvalue weighted by Crippen LogP contribution is 2.46. The Kier molecular flexibility index (Phi) is 5.09. The van der Waals surface area contributed by atoms with Gasteiger partial charge in [0.1, 0.15) is 17.5 Å². The highest BCUT2D eigenvalue weighted by molar-refractivity contribution is 9.10. The van der Waals surface area contributed by atoms with Gasteiger partial charge in [0.2, 0.25) is 0 Å². The number of hydrogen-bond donors (Lipinski definition) is 0. The maximum absolute atomic E-state index is 14.7. The molecule has 2 aliphatic rings. The molecule has 0 unspecified atom stereocenters. The molecular formula is C22H20BrF2N3OS. The van der Waals surface area contributed by atoms with E-state index in [-0.39, 0.29) is 5.69 Å². The molecule has 0 amide bonds. The molecule has 30 heavy (non-hydrogen) atoms. The van der Waals surface area contributed by atoms with E-state index >= 15 is 0 Å². The van der Waals surface area contributed by atoms with E-state index in [1.165, 1.54) is 18.6 Å². The first-order valence-corrected chi connectivity index (χ1v) is 11.9. The van der Waals surface area contributed by atoms with Gasteiger partial charge in [-0.25, -0.2) is 13.6 Å². The van der Waals surface area contributed by atoms with Crippen LogP contribution < -0.4 is 10.6 Å². The molecule has 0 aliphatic carbocycles. The third-order valence-corrected chi connectivity index (χ3v) is 7.69. The van der Waals surface area contributed by atoms with Gasteiger partial charge >= 0.3 is 5.69 Å². The second-order valence-electron chi connectivity index (χ2n) is 7.84. The SMILES string of the molecule is C[C@H]1CCCCN1c1nc(=O)n2c3c(c(-c4ccc(F)cc4F)c(Br)cc13)SCC2. The quantitative estimate of drug-likeness (QED) is 0.468. The Morgan fingerprint density at radius 1 is 1.20 bits per heavy atom. The Morgan fingerprint density at radius 3 is 2.80 bits per heavy atom. The van der Waals surface area contributed by atoms with Gasteiger partial charge < -0.3 is 4.90 Å². The van der Waals surface area contributed by atoms with Crippen molar-refractivity contribution in [3.05, 3.63) is 50.9 Å². The van der Waals surface area contributed by atoms with Crippen molar-refractivity contribution in [1.29, 1.82) is 0 Å². The maximum Gasteiger partial charge on any atom is 0.350 e. The van der Waals surface area contributed by atoms with Gasteiger partial charge in [0, 0.05) is 56.8 Å². The predicted molar refractivity (Wildman–Crippen MR) is 120 cm³/mol. The summed E-state index contributed by atoms with van der Waals surface area (Å²) in [6, 6.07) is 5.85. The van der Waals surface area contributed by atoms with Gasteiger partial charge in [-0.3, -0.25) is 4.57 Å². The van der Waals surface area contributed by atoms with Crippen LogP contribution in [0, 0.1) is 11.6 Å². The zero-order valence-electron chi connectivity index (χ0n) is 16.4. The largest absolute Gasteiger partial charge is 0.353 e. The number of anilines is 1. The first kappa shape index (κ1) is 20.0. The van der Waals surface area contributed by atoms with Crippen LogP contribution in [0.25, 0.3) is 22.0 Å². The highest BCUT2D eigenvalue weighted by Gasteiger charge is 2.28. The summed E-state index contributed by atoms with van der Waals surface area (Å²) >= 11 is 5.23. The van der Waals surface area contributed by atoms with E-state index in [0.717, 1.165) is 41.3 Å². The summed E-state index contributed by atoms with van der Waals surface area (Å²) in [6.07, 6.45) is 3.30. The number of halogens is 3. The molecule has 156 valence electrons. The Bertz CT molecular complexity index is 1230. The van der Waals surface area contributed by atoms with E-state index < -0.39 is 11.6 Å². The molecule has 4 nitrogen and oxygen atoms in total. The van der Waals surface area contributed by atoms with Crippen LogP contribution in [0.4, 0.5) is 14.6 Å². The smallest absolute Gasteiger partial charge is 0.350 e. The summed E-state index contributed by atoms with van der Waals surface area (Å²) < 4.78 is 30.6. The Labute approximate surface area is 185 Å². The molecule has 2 aromatic carbocycles. The van der Waals surface area contributed by atoms with Crippen LogP contribution in [0.1, 0.15) is 26.2 Å². The summed E-state index contributed by atoms with van der Waals surface area (Å²) in [7, 11) is 0. The fourth-order valence-electron chi connectivity index (χ4n) is 4.52. The molecule has 0 saturated carbocycles. The molecule has 3 aromatic rings. The summed E-state index contributed by atoms with van der Waals surface area (Å²) in [5.41, 5.74) is 1.49. The normalized spacial score (nSPS) is 18.8. The average Bonchev–Trinajstić information content (AvgIpc) is 2.72. The minimum absolute atomic E-state index is 0.273. The standard InChI is InChI=1S/C22H20BrF2N3OS/c1-12-4-2-3-7-27(12)21-15-11-16(23)18(14-6-5-13(24)10-17(14)25)20-19(15)28(8-9-30-20)22(29)26-21/h5-6,10-12H,2-4,7-9H2,1H3/t12-/m0/s1. The van der Waals surface area contributed by atoms with Crippen LogP contribution in [0.3, 0.4) is 0 Å². The zero-order chi connectivity index (χ0) is 21.0. The van der Waals surface area contributed by atoms with Crippen LogP contribution in [0.15, 0.2) is 38.4 Å². The third-order valence-electron chi connectivity index (χ3n) is 5.99. The number of benzene rings is 2. The molecule has 8 heteroatoms. The van der Waals surface area contributed by atoms with E-state index in [2.05, 4.69) is 32.7 Å². The van der Waals surface area contributed by atoms with Gasteiger partial charge in [-0.05, 0) is 44.4 Å². The first-order valence-electron chi connectivity index (χ1n) is 10.1. The lowest BCUT2D eigenvalue weighted by Gasteiger charge is -2.36. The molecule has 0 spiro atoms. The molecule has 1 aromatic heterocycles. The fraction of sp³-hybridized carbons (Fsp3) is 0.364. The Morgan fingerprint density at radius 2 is 2.03 bits per heavy atom. The summed E-state index contributed by atoms with van der Waals surface area (Å²) in [6.45, 7) is 3.58. The highest BCUT2D eigenvalue weighted by atomic mass is 79.9. The van der Waals surface area contributed by atoms with Crippen molar-refractivity contribution in [3.63, 3.8) is 0 Å². The van der Waals surface area contributed by atoms with E-state index in [9.17, 15) is 13.6 Å². The topological polar surface area (TPSA) is 38.1 Å². The third kappa shape index (κ3) is 3.15. The Hall–Kier alpha value is -1.93. The molecule has 1 atom stereocenters. The van der Waals surface area contributed by atoms with Crippen LogP contribution in [0.2, 0.25) is 0 Å². The summed E-state index contributed by atoms with van der Waals surface area (Å²) in [4.78, 5) is 20.5. The number of aryl methyl sites for hydroxylation is 1. The van der Waals surface area contributed by atoms with Crippen LogP contribution in [0.5, 0.6) is 0 Å². The molecule has 1 saturated heterocycles. The van der Waals surface area contributed by atoms with Crippen LogP contribution in [-0.4, -0.2) is 27.9 Å². The maximum atomic E-state index is 14.7. The van der Waals surface area contributed by atoms with Crippen molar-refractivity contribution in [2.45, 2.75) is 43.7 Å². The van der Waals surface area contributed by atoms with Crippen molar-refractivity contribution in [2.24, 2.45) is 0 Å². The average molecular weight is 492 g/mol. The summed E-state index contributed by atoms with van der Waals surface area (Å²) in [5, 5.41) is 0.892. The summed E-state index contributed by atoms with van der Waals surface area (Å²) in [5.74, 6) is 0.159. The van der Waals surface area contributed by atoms with Crippen LogP contribution >= 0.6 is 27.7 Å². The number of piperidine rings is 1. The molecule has 0 N–H and O–H groups in total. The van der Waals surface area contributed by atoms with Gasteiger partial charge in [0.25, 0.3) is 0 Å². The number of hydrogen-bond acceptors (Lipinski definition) is 4. The van der Waals surface area contributed by atoms with Gasteiger partial charge in [-0.1, -0.05) is 15.9 Å². The van der Waals surface area contributed by atoms with Gasteiger partial charge in [-0.2, -0.15) is 4.98 Å². The van der Waals surface area contributed by atoms with Gasteiger partial charge in [0.15, 0.2) is 0 Å². The predicted octanol–water partition coefficient (Wildman–Crippen LogP) is 5.59. The number of rotatable bonds is 2. The molecule has 0 radical (unpaired) electrons. The monoisotopic (exact) mass is 491 g/mol. The lowest BCUT2D eigenvalue weighted by molar-refractivity contribution is 0.481. The zero-order valence-corrected chi connectivity index (χ0v) is 18.8. The second-order valence-corrected chi connectivity index (χ2v) is 9.80. The van der Waals surface area contributed by atoms with E-state index in [4.69, 9.17) is 0 Å². The lowest BCUT2D eigenvalue weighted by atomic mass is 10.0. The molecular weight excluding hydrogens is 472 g/mol. The fourth-order valence-corrected chi connectivity index (χ4v) is 6.49. The number of aromatic nitrogens is 2. The molecule has 5 rings (SSSR count). The minimum atomic E-state index is -0.620. The van der Waals surface area contributed by atoms with Crippen molar-refractivity contribution in [3.8, 4) is 11.1 Å². The van der Waals surface area contributed by atoms with E-state index in [1.54, 1.807) is 16.3 Å². The van der Waals surface area contributed by atoms with Gasteiger partial charge in [0.05, 0.1) is 5.52 Å². The first-order chi connectivity index (χ1) is 14.5. The van der Waals surface area contributed by atoms with Crippen molar-refractivity contribution in [2.75, 3.05) is 17.2 Å². The molecule has 1 fully saturated rings. The lowest BCUT2D eigenvalue weighted by Crippen LogP contribution is -2.40. The molecule has 3 heterocycles. The number of nitrogens with zero attached hydrogens (tertiary/aromatic N) is 3. The Balaban J connectivity index is 1.84. The second kappa shape index (κ2) is 7.64. The van der Waals surface area contributed by atoms with E-state index in [0.29, 0.717) is 39.8 Å². The minimum Gasteiger partial charge on any atom is -0.353 e. The van der Waals surface area contributed by atoms with E-state index in [1.807, 2.05) is 6.07 Å². The molecule has 2 aliphatic heterocycles. The molecule has 0 bridgehead atoms. The van der Waals surface area contributed by atoms with Crippen molar-refractivity contribution in [1.82, 2.24) is 9.55 Å². The van der Waals surface area contributed by atoms with Crippen LogP contribution in [-0.2, 0) is 6.54 Å².